The highest BCUT2D eigenvalue weighted by atomic mass is 16.5. The number of amides is 1. The molecule has 0 radical (unpaired) electrons. The van der Waals surface area contributed by atoms with E-state index in [1.54, 1.807) is 18.3 Å². The van der Waals surface area contributed by atoms with Crippen molar-refractivity contribution in [1.29, 1.82) is 0 Å². The lowest BCUT2D eigenvalue weighted by Gasteiger charge is -2.20. The number of likely N-dealkylation sites (tertiary alicyclic amines) is 1. The smallest absolute Gasteiger partial charge is 0.251 e. The first-order valence-electron chi connectivity index (χ1n) is 10.9. The Morgan fingerprint density at radius 3 is 2.91 bits per heavy atom. The molecule has 10 nitrogen and oxygen atoms in total. The Morgan fingerprint density at radius 1 is 1.24 bits per heavy atom. The van der Waals surface area contributed by atoms with E-state index in [-0.39, 0.29) is 18.6 Å². The monoisotopic (exact) mass is 447 g/mol. The number of para-hydroxylation sites is 2. The van der Waals surface area contributed by atoms with Crippen LogP contribution in [0.4, 0.5) is 5.82 Å². The summed E-state index contributed by atoms with van der Waals surface area (Å²) in [4.78, 5) is 27.7. The first kappa shape index (κ1) is 21.2. The maximum Gasteiger partial charge on any atom is 0.251 e. The predicted molar refractivity (Wildman–Crippen MR) is 121 cm³/mol. The second-order valence-electron chi connectivity index (χ2n) is 8.07. The highest BCUT2D eigenvalue weighted by Gasteiger charge is 2.32. The third-order valence-corrected chi connectivity index (χ3v) is 5.88. The van der Waals surface area contributed by atoms with Gasteiger partial charge in [-0.15, -0.1) is 0 Å². The first-order valence-corrected chi connectivity index (χ1v) is 10.9. The van der Waals surface area contributed by atoms with Gasteiger partial charge in [0.05, 0.1) is 23.6 Å². The molecule has 1 N–H and O–H groups in total. The summed E-state index contributed by atoms with van der Waals surface area (Å²) in [6.07, 6.45) is 3.63. The van der Waals surface area contributed by atoms with Crippen molar-refractivity contribution in [2.24, 2.45) is 7.05 Å². The highest BCUT2D eigenvalue weighted by Crippen LogP contribution is 2.33. The van der Waals surface area contributed by atoms with Crippen molar-refractivity contribution >= 4 is 22.8 Å². The van der Waals surface area contributed by atoms with E-state index in [9.17, 15) is 4.79 Å². The summed E-state index contributed by atoms with van der Waals surface area (Å²) in [5, 5.41) is 6.82. The third kappa shape index (κ3) is 4.35. The van der Waals surface area contributed by atoms with Crippen LogP contribution in [0.3, 0.4) is 0 Å². The number of nitrogens with zero attached hydrogens (tertiary/aromatic N) is 6. The number of aromatic nitrogens is 5. The molecule has 3 aromatic heterocycles. The second-order valence-corrected chi connectivity index (χ2v) is 8.07. The average molecular weight is 447 g/mol. The van der Waals surface area contributed by atoms with E-state index in [0.717, 1.165) is 41.8 Å². The summed E-state index contributed by atoms with van der Waals surface area (Å²) in [6, 6.07) is 11.7. The topological polar surface area (TPSA) is 111 Å². The van der Waals surface area contributed by atoms with Gasteiger partial charge in [-0.3, -0.25) is 9.69 Å². The SMILES string of the molecule is COCC(=O)Nc1ccc(-c2noc(C3CCCN3Cc3nc4ccccc4n3C)n2)cn1. The van der Waals surface area contributed by atoms with Crippen molar-refractivity contribution in [3.05, 3.63) is 54.3 Å². The number of hydrogen-bond acceptors (Lipinski definition) is 8. The maximum atomic E-state index is 11.6. The molecule has 170 valence electrons. The van der Waals surface area contributed by atoms with E-state index < -0.39 is 0 Å². The zero-order chi connectivity index (χ0) is 22.8. The van der Waals surface area contributed by atoms with Gasteiger partial charge in [-0.2, -0.15) is 4.98 Å². The lowest BCUT2D eigenvalue weighted by atomic mass is 10.2. The van der Waals surface area contributed by atoms with Gasteiger partial charge in [0.2, 0.25) is 11.7 Å². The van der Waals surface area contributed by atoms with Gasteiger partial charge >= 0.3 is 0 Å². The number of rotatable bonds is 7. The van der Waals surface area contributed by atoms with Crippen molar-refractivity contribution in [1.82, 2.24) is 29.6 Å². The van der Waals surface area contributed by atoms with Gasteiger partial charge in [0.1, 0.15) is 18.2 Å². The molecule has 0 aliphatic carbocycles. The molecule has 1 aliphatic rings. The summed E-state index contributed by atoms with van der Waals surface area (Å²) in [7, 11) is 3.52. The molecule has 1 aliphatic heterocycles. The molecular weight excluding hydrogens is 422 g/mol. The van der Waals surface area contributed by atoms with E-state index >= 15 is 0 Å². The fourth-order valence-corrected chi connectivity index (χ4v) is 4.21. The van der Waals surface area contributed by atoms with Crippen LogP contribution >= 0.6 is 0 Å². The fourth-order valence-electron chi connectivity index (χ4n) is 4.21. The Kier molecular flexibility index (Phi) is 5.84. The summed E-state index contributed by atoms with van der Waals surface area (Å²) < 4.78 is 12.6. The number of benzene rings is 1. The van der Waals surface area contributed by atoms with Crippen molar-refractivity contribution in [2.75, 3.05) is 25.6 Å². The second kappa shape index (κ2) is 9.08. The van der Waals surface area contributed by atoms with E-state index in [1.807, 2.05) is 18.2 Å². The van der Waals surface area contributed by atoms with Crippen LogP contribution in [0.15, 0.2) is 47.1 Å². The Morgan fingerprint density at radius 2 is 2.12 bits per heavy atom. The number of methoxy groups -OCH3 is 1. The zero-order valence-electron chi connectivity index (χ0n) is 18.6. The standard InChI is InChI=1S/C23H25N7O3/c1-29-17-7-4-3-6-16(17)25-20(29)13-30-11-5-8-18(30)23-27-22(28-33-23)15-9-10-19(24-12-15)26-21(31)14-32-2/h3-4,6-7,9-10,12,18H,5,8,11,13-14H2,1-2H3,(H,24,26,31). The molecular formula is C23H25N7O3. The summed E-state index contributed by atoms with van der Waals surface area (Å²) >= 11 is 0. The number of anilines is 1. The van der Waals surface area contributed by atoms with Gasteiger partial charge in [-0.05, 0) is 43.7 Å². The number of ether oxygens (including phenoxy) is 1. The van der Waals surface area contributed by atoms with Crippen LogP contribution in [0, 0.1) is 0 Å². The van der Waals surface area contributed by atoms with Crippen LogP contribution in [0.2, 0.25) is 0 Å². The highest BCUT2D eigenvalue weighted by molar-refractivity contribution is 5.90. The molecule has 1 amide bonds. The molecule has 0 bridgehead atoms. The van der Waals surface area contributed by atoms with E-state index in [1.165, 1.54) is 7.11 Å². The van der Waals surface area contributed by atoms with E-state index in [0.29, 0.717) is 24.1 Å². The summed E-state index contributed by atoms with van der Waals surface area (Å²) in [5.74, 6) is 2.26. The van der Waals surface area contributed by atoms with Gasteiger partial charge in [-0.25, -0.2) is 9.97 Å². The van der Waals surface area contributed by atoms with E-state index in [2.05, 4.69) is 43.0 Å². The number of imidazole rings is 1. The van der Waals surface area contributed by atoms with Crippen molar-refractivity contribution in [3.8, 4) is 11.4 Å². The van der Waals surface area contributed by atoms with Crippen LogP contribution < -0.4 is 5.32 Å². The number of nitrogens with one attached hydrogen (secondary N) is 1. The van der Waals surface area contributed by atoms with Crippen molar-refractivity contribution in [2.45, 2.75) is 25.4 Å². The minimum Gasteiger partial charge on any atom is -0.375 e. The van der Waals surface area contributed by atoms with Gasteiger partial charge in [-0.1, -0.05) is 17.3 Å². The number of carbonyl (C=O) groups is 1. The molecule has 4 heterocycles. The lowest BCUT2D eigenvalue weighted by molar-refractivity contribution is -0.119. The minimum absolute atomic E-state index is 0.0240. The summed E-state index contributed by atoms with van der Waals surface area (Å²) in [6.45, 7) is 1.64. The van der Waals surface area contributed by atoms with Crippen LogP contribution in [-0.4, -0.2) is 55.7 Å². The normalized spacial score (nSPS) is 16.5. The van der Waals surface area contributed by atoms with Gasteiger partial charge in [0.15, 0.2) is 0 Å². The van der Waals surface area contributed by atoms with Crippen LogP contribution in [0.25, 0.3) is 22.4 Å². The quantitative estimate of drug-likeness (QED) is 0.460. The molecule has 0 saturated carbocycles. The molecule has 1 unspecified atom stereocenters. The van der Waals surface area contributed by atoms with Gasteiger partial charge in [0.25, 0.3) is 5.91 Å². The first-order chi connectivity index (χ1) is 16.1. The Bertz CT molecular complexity index is 1260. The summed E-state index contributed by atoms with van der Waals surface area (Å²) in [5.41, 5.74) is 2.84. The molecule has 1 aromatic carbocycles. The van der Waals surface area contributed by atoms with E-state index in [4.69, 9.17) is 14.2 Å². The van der Waals surface area contributed by atoms with Crippen LogP contribution in [0.1, 0.15) is 30.6 Å². The predicted octanol–water partition coefficient (Wildman–Crippen LogP) is 2.94. The molecule has 0 spiro atoms. The molecule has 1 fully saturated rings. The zero-order valence-corrected chi connectivity index (χ0v) is 18.6. The number of hydrogen-bond donors (Lipinski definition) is 1. The number of carbonyl (C=O) groups excluding carboxylic acids is 1. The van der Waals surface area contributed by atoms with Crippen molar-refractivity contribution < 1.29 is 14.1 Å². The largest absolute Gasteiger partial charge is 0.375 e. The van der Waals surface area contributed by atoms with Crippen LogP contribution in [-0.2, 0) is 23.1 Å². The molecule has 5 rings (SSSR count). The number of pyridine rings is 1. The molecule has 33 heavy (non-hydrogen) atoms. The lowest BCUT2D eigenvalue weighted by Crippen LogP contribution is -2.24. The minimum atomic E-state index is -0.262. The van der Waals surface area contributed by atoms with Crippen molar-refractivity contribution in [3.63, 3.8) is 0 Å². The third-order valence-electron chi connectivity index (χ3n) is 5.88. The Hall–Kier alpha value is -3.63. The van der Waals surface area contributed by atoms with Crippen LogP contribution in [0.5, 0.6) is 0 Å². The van der Waals surface area contributed by atoms with Gasteiger partial charge < -0.3 is 19.1 Å². The Balaban J connectivity index is 1.30. The van der Waals surface area contributed by atoms with Gasteiger partial charge in [0, 0.05) is 25.9 Å². The molecule has 1 saturated heterocycles. The fraction of sp³-hybridized carbons (Fsp3) is 0.348. The number of fused-ring (bicyclic) bond motifs is 1. The maximum absolute atomic E-state index is 11.6. The number of aryl methyl sites for hydroxylation is 1. The average Bonchev–Trinajstić information content (AvgIpc) is 3.55. The molecule has 1 atom stereocenters. The molecule has 10 heteroatoms. The molecule has 4 aromatic rings. The Labute approximate surface area is 190 Å².